The van der Waals surface area contributed by atoms with E-state index in [9.17, 15) is 9.90 Å². The maximum Gasteiger partial charge on any atom is 0.325 e. The first-order valence-electron chi connectivity index (χ1n) is 5.76. The molecule has 2 fully saturated rings. The molecule has 4 nitrogen and oxygen atoms in total. The SMILES string of the molecule is CN(CC(N)(C(=O)O)C1CC1)C1CCC1. The molecule has 86 valence electrons. The van der Waals surface area contributed by atoms with Gasteiger partial charge in [-0.25, -0.2) is 0 Å². The molecule has 0 radical (unpaired) electrons. The molecule has 0 amide bonds. The second kappa shape index (κ2) is 3.76. The Balaban J connectivity index is 1.96. The van der Waals surface area contributed by atoms with Crippen LogP contribution in [-0.2, 0) is 4.79 Å². The minimum absolute atomic E-state index is 0.192. The number of likely N-dealkylation sites (N-methyl/N-ethyl adjacent to an activating group) is 1. The Labute approximate surface area is 90.4 Å². The normalized spacial score (nSPS) is 26.1. The summed E-state index contributed by atoms with van der Waals surface area (Å²) >= 11 is 0. The van der Waals surface area contributed by atoms with E-state index in [-0.39, 0.29) is 5.92 Å². The summed E-state index contributed by atoms with van der Waals surface area (Å²) in [6, 6.07) is 0.561. The van der Waals surface area contributed by atoms with Crippen molar-refractivity contribution in [2.24, 2.45) is 11.7 Å². The van der Waals surface area contributed by atoms with Gasteiger partial charge in [0.2, 0.25) is 0 Å². The van der Waals surface area contributed by atoms with Crippen LogP contribution in [0.25, 0.3) is 0 Å². The highest BCUT2D eigenvalue weighted by molar-refractivity contribution is 5.79. The standard InChI is InChI=1S/C11H20N2O2/c1-13(9-3-2-4-9)7-11(12,10(14)15)8-5-6-8/h8-9H,2-7,12H2,1H3,(H,14,15). The van der Waals surface area contributed by atoms with Crippen molar-refractivity contribution in [2.75, 3.05) is 13.6 Å². The third kappa shape index (κ3) is 2.01. The quantitative estimate of drug-likeness (QED) is 0.702. The van der Waals surface area contributed by atoms with Gasteiger partial charge in [0.05, 0.1) is 0 Å². The molecule has 0 saturated heterocycles. The van der Waals surface area contributed by atoms with E-state index in [0.29, 0.717) is 12.6 Å². The van der Waals surface area contributed by atoms with E-state index in [2.05, 4.69) is 4.90 Å². The minimum Gasteiger partial charge on any atom is -0.480 e. The predicted molar refractivity (Wildman–Crippen MR) is 57.5 cm³/mol. The van der Waals surface area contributed by atoms with Gasteiger partial charge in [0, 0.05) is 12.6 Å². The van der Waals surface area contributed by atoms with E-state index >= 15 is 0 Å². The molecule has 4 heteroatoms. The average Bonchev–Trinajstić information content (AvgIpc) is 2.81. The van der Waals surface area contributed by atoms with Crippen molar-refractivity contribution in [3.63, 3.8) is 0 Å². The van der Waals surface area contributed by atoms with Crippen LogP contribution in [0.3, 0.4) is 0 Å². The number of nitrogens with two attached hydrogens (primary N) is 1. The van der Waals surface area contributed by atoms with Gasteiger partial charge in [-0.1, -0.05) is 6.42 Å². The summed E-state index contributed by atoms with van der Waals surface area (Å²) in [5, 5.41) is 9.21. The maximum absolute atomic E-state index is 11.2. The Morgan fingerprint density at radius 3 is 2.40 bits per heavy atom. The molecule has 0 aromatic carbocycles. The van der Waals surface area contributed by atoms with Gasteiger partial charge in [-0.05, 0) is 38.6 Å². The number of hydrogen-bond donors (Lipinski definition) is 2. The van der Waals surface area contributed by atoms with E-state index in [4.69, 9.17) is 5.73 Å². The molecule has 2 rings (SSSR count). The second-order valence-corrected chi connectivity index (χ2v) is 5.12. The van der Waals surface area contributed by atoms with E-state index in [1.807, 2.05) is 7.05 Å². The van der Waals surface area contributed by atoms with Crippen LogP contribution in [-0.4, -0.2) is 41.1 Å². The van der Waals surface area contributed by atoms with Crippen molar-refractivity contribution in [3.05, 3.63) is 0 Å². The summed E-state index contributed by atoms with van der Waals surface area (Å²) in [6.45, 7) is 0.498. The van der Waals surface area contributed by atoms with Gasteiger partial charge in [0.1, 0.15) is 5.54 Å². The zero-order valence-corrected chi connectivity index (χ0v) is 9.28. The van der Waals surface area contributed by atoms with Crippen LogP contribution in [0.4, 0.5) is 0 Å². The van der Waals surface area contributed by atoms with E-state index in [1.54, 1.807) is 0 Å². The lowest BCUT2D eigenvalue weighted by Gasteiger charge is -2.39. The van der Waals surface area contributed by atoms with Gasteiger partial charge < -0.3 is 15.7 Å². The van der Waals surface area contributed by atoms with Gasteiger partial charge in [-0.2, -0.15) is 0 Å². The zero-order valence-electron chi connectivity index (χ0n) is 9.28. The molecule has 0 aromatic heterocycles. The summed E-state index contributed by atoms with van der Waals surface area (Å²) in [7, 11) is 2.00. The molecule has 0 aliphatic heterocycles. The molecule has 2 saturated carbocycles. The van der Waals surface area contributed by atoms with Crippen LogP contribution in [0.5, 0.6) is 0 Å². The fourth-order valence-corrected chi connectivity index (χ4v) is 2.34. The van der Waals surface area contributed by atoms with Gasteiger partial charge >= 0.3 is 5.97 Å². The molecule has 0 bridgehead atoms. The van der Waals surface area contributed by atoms with Gasteiger partial charge in [-0.15, -0.1) is 0 Å². The van der Waals surface area contributed by atoms with E-state index in [0.717, 1.165) is 12.8 Å². The first kappa shape index (κ1) is 10.9. The van der Waals surface area contributed by atoms with Crippen LogP contribution in [0.1, 0.15) is 32.1 Å². The molecular formula is C11H20N2O2. The number of carboxylic acids is 1. The Hall–Kier alpha value is -0.610. The molecule has 3 N–H and O–H groups in total. The van der Waals surface area contributed by atoms with Crippen molar-refractivity contribution in [2.45, 2.75) is 43.7 Å². The lowest BCUT2D eigenvalue weighted by Crippen LogP contribution is -2.59. The number of aliphatic carboxylic acids is 1. The van der Waals surface area contributed by atoms with E-state index < -0.39 is 11.5 Å². The Morgan fingerprint density at radius 2 is 2.07 bits per heavy atom. The predicted octanol–water partition coefficient (Wildman–Crippen LogP) is 0.663. The van der Waals surface area contributed by atoms with Gasteiger partial charge in [-0.3, -0.25) is 4.79 Å². The lowest BCUT2D eigenvalue weighted by atomic mass is 9.88. The Morgan fingerprint density at radius 1 is 1.47 bits per heavy atom. The van der Waals surface area contributed by atoms with Gasteiger partial charge in [0.25, 0.3) is 0 Å². The monoisotopic (exact) mass is 212 g/mol. The van der Waals surface area contributed by atoms with Crippen LogP contribution >= 0.6 is 0 Å². The molecule has 0 aromatic rings. The molecular weight excluding hydrogens is 192 g/mol. The van der Waals surface area contributed by atoms with Crippen molar-refractivity contribution >= 4 is 5.97 Å². The largest absolute Gasteiger partial charge is 0.480 e. The van der Waals surface area contributed by atoms with Gasteiger partial charge in [0.15, 0.2) is 0 Å². The van der Waals surface area contributed by atoms with Crippen molar-refractivity contribution in [1.29, 1.82) is 0 Å². The molecule has 1 unspecified atom stereocenters. The molecule has 0 spiro atoms. The van der Waals surface area contributed by atoms with Crippen LogP contribution in [0, 0.1) is 5.92 Å². The number of rotatable bonds is 5. The number of hydrogen-bond acceptors (Lipinski definition) is 3. The van der Waals surface area contributed by atoms with Crippen LogP contribution < -0.4 is 5.73 Å². The molecule has 1 atom stereocenters. The van der Waals surface area contributed by atoms with E-state index in [1.165, 1.54) is 19.3 Å². The first-order chi connectivity index (χ1) is 7.04. The number of nitrogens with zero attached hydrogens (tertiary/aromatic N) is 1. The van der Waals surface area contributed by atoms with Crippen molar-refractivity contribution in [3.8, 4) is 0 Å². The molecule has 15 heavy (non-hydrogen) atoms. The average molecular weight is 212 g/mol. The lowest BCUT2D eigenvalue weighted by molar-refractivity contribution is -0.145. The number of carboxylic acid groups (broad SMARTS) is 1. The summed E-state index contributed by atoms with van der Waals surface area (Å²) in [5.74, 6) is -0.645. The van der Waals surface area contributed by atoms with Crippen molar-refractivity contribution in [1.82, 2.24) is 4.90 Å². The summed E-state index contributed by atoms with van der Waals surface area (Å²) < 4.78 is 0. The van der Waals surface area contributed by atoms with Crippen LogP contribution in [0.2, 0.25) is 0 Å². The topological polar surface area (TPSA) is 66.6 Å². The Kier molecular flexibility index (Phi) is 2.73. The fourth-order valence-electron chi connectivity index (χ4n) is 2.34. The summed E-state index contributed by atoms with van der Waals surface area (Å²) in [6.07, 6.45) is 5.60. The molecule has 2 aliphatic carbocycles. The molecule has 0 heterocycles. The zero-order chi connectivity index (χ0) is 11.1. The van der Waals surface area contributed by atoms with Crippen molar-refractivity contribution < 1.29 is 9.90 Å². The third-order valence-corrected chi connectivity index (χ3v) is 3.91. The highest BCUT2D eigenvalue weighted by Gasteiger charge is 2.49. The highest BCUT2D eigenvalue weighted by Crippen LogP contribution is 2.39. The molecule has 2 aliphatic rings. The maximum atomic E-state index is 11.2. The van der Waals surface area contributed by atoms with Crippen LogP contribution in [0.15, 0.2) is 0 Å². The summed E-state index contributed by atoms with van der Waals surface area (Å²) in [5.41, 5.74) is 5.01. The third-order valence-electron chi connectivity index (χ3n) is 3.91. The fraction of sp³-hybridized carbons (Fsp3) is 0.909. The second-order valence-electron chi connectivity index (χ2n) is 5.12. The smallest absolute Gasteiger partial charge is 0.325 e. The highest BCUT2D eigenvalue weighted by atomic mass is 16.4. The first-order valence-corrected chi connectivity index (χ1v) is 5.76. The Bertz CT molecular complexity index is 261. The number of carbonyl (C=O) groups is 1. The minimum atomic E-state index is -1.01. The summed E-state index contributed by atoms with van der Waals surface area (Å²) in [4.78, 5) is 13.4.